The molecule has 0 aliphatic carbocycles. The van der Waals surface area contributed by atoms with E-state index in [1.807, 2.05) is 6.07 Å². The van der Waals surface area contributed by atoms with E-state index in [0.717, 1.165) is 146 Å². The number of aliphatic hydroxyl groups is 1. The molecule has 0 amide bonds. The van der Waals surface area contributed by atoms with Crippen LogP contribution in [-0.4, -0.2) is 192 Å². The number of carbonyl (C=O) groups is 1. The van der Waals surface area contributed by atoms with E-state index in [9.17, 15) is 18.7 Å². The van der Waals surface area contributed by atoms with Crippen LogP contribution in [0.1, 0.15) is 105 Å². The minimum atomic E-state index is -0.724. The Balaban J connectivity index is 0.000000118. The van der Waals surface area contributed by atoms with E-state index in [0.29, 0.717) is 41.7 Å². The zero-order valence-electron chi connectivity index (χ0n) is 53.0. The van der Waals surface area contributed by atoms with Crippen LogP contribution >= 0.6 is 13.5 Å². The maximum Gasteiger partial charge on any atom is 2.00 e. The Morgan fingerprint density at radius 3 is 1.10 bits per heavy atom. The van der Waals surface area contributed by atoms with Gasteiger partial charge in [-0.1, -0.05) is 84.9 Å². The summed E-state index contributed by atoms with van der Waals surface area (Å²) in [6.07, 6.45) is 18.7. The molecule has 19 aliphatic rings. The van der Waals surface area contributed by atoms with Crippen LogP contribution in [-0.2, 0) is 35.2 Å². The molecular weight excluding hydrogens is 1230 g/mol. The molecule has 0 radical (unpaired) electrons. The van der Waals surface area contributed by atoms with Crippen molar-refractivity contribution in [3.8, 4) is 17.2 Å². The van der Waals surface area contributed by atoms with Crippen molar-refractivity contribution in [3.05, 3.63) is 168 Å². The Morgan fingerprint density at radius 1 is 0.467 bits per heavy atom. The van der Waals surface area contributed by atoms with Crippen molar-refractivity contribution < 1.29 is 54.6 Å². The number of hydrogen-bond donors (Lipinski definition) is 1. The molecule has 1 N–H and O–H groups in total. The summed E-state index contributed by atoms with van der Waals surface area (Å²) in [5.41, 5.74) is 4.99. The SMILES string of the molecule is C1CCOC1.O=C1CN2CCC1CC2.OC1(Cc2ccccc2F)CN2CCC1CC2.S.[Br-].[CH2-]c1ccccc1F.[Mg+2].c1ccc2c(c1)CC1(CN3CCC1CC3)O2.c1ccc2c(c1)C[C@@]1(CN3CCC1CC3)O2.c1ccc2c(c1)C[C@]1(CN3CCC1CC3)O2. The summed E-state index contributed by atoms with van der Waals surface area (Å²) < 4.78 is 49.8. The second-order valence-electron chi connectivity index (χ2n) is 27.9. The van der Waals surface area contributed by atoms with Crippen LogP contribution in [0.25, 0.3) is 0 Å². The molecule has 19 aliphatic heterocycles. The van der Waals surface area contributed by atoms with Crippen molar-refractivity contribution in [3.63, 3.8) is 0 Å². The minimum Gasteiger partial charge on any atom is -1.00 e. The van der Waals surface area contributed by atoms with Crippen molar-refractivity contribution >= 4 is 42.3 Å². The number of fused-ring (bicyclic) bond motifs is 15. The molecule has 16 fully saturated rings. The van der Waals surface area contributed by atoms with Gasteiger partial charge in [-0.05, 0) is 195 Å². The molecule has 5 aromatic rings. The number of benzene rings is 5. The first-order chi connectivity index (χ1) is 42.4. The molecular formula is C74H96BrF2MgN5O6S. The van der Waals surface area contributed by atoms with Gasteiger partial charge >= 0.3 is 23.1 Å². The first-order valence-corrected chi connectivity index (χ1v) is 33.5. The average molecular weight is 1330 g/mol. The zero-order valence-corrected chi connectivity index (χ0v) is 57.0. The van der Waals surface area contributed by atoms with Gasteiger partial charge in [0.15, 0.2) is 0 Å². The van der Waals surface area contributed by atoms with Gasteiger partial charge < -0.3 is 45.9 Å². The molecule has 0 aromatic heterocycles. The van der Waals surface area contributed by atoms with Crippen LogP contribution in [0.2, 0.25) is 0 Å². The molecule has 2 unspecified atom stereocenters. The van der Waals surface area contributed by atoms with Crippen LogP contribution in [0.15, 0.2) is 121 Å². The molecule has 11 nitrogen and oxygen atoms in total. The van der Waals surface area contributed by atoms with E-state index in [1.165, 1.54) is 119 Å². The predicted molar refractivity (Wildman–Crippen MR) is 353 cm³/mol. The molecule has 0 saturated carbocycles. The number of ketones is 1. The fraction of sp³-hybridized carbons (Fsp3) is 0.568. The van der Waals surface area contributed by atoms with Crippen LogP contribution in [0, 0.1) is 48.1 Å². The van der Waals surface area contributed by atoms with Crippen molar-refractivity contribution in [1.82, 2.24) is 24.5 Å². The number of hydrogen-bond acceptors (Lipinski definition) is 11. The normalized spacial score (nSPS) is 34.3. The summed E-state index contributed by atoms with van der Waals surface area (Å²) >= 11 is 0. The molecule has 16 saturated heterocycles. The molecule has 24 rings (SSSR count). The molecule has 10 bridgehead atoms. The predicted octanol–water partition coefficient (Wildman–Crippen LogP) is 7.90. The number of Topliss-reactive ketones (excluding diaryl/α,β-unsaturated/α-hetero) is 1. The summed E-state index contributed by atoms with van der Waals surface area (Å²) in [6.45, 7) is 22.5. The Bertz CT molecular complexity index is 2830. The molecule has 4 atom stereocenters. The van der Waals surface area contributed by atoms with Crippen molar-refractivity contribution in [2.45, 2.75) is 125 Å². The Kier molecular flexibility index (Phi) is 23.6. The van der Waals surface area contributed by atoms with Gasteiger partial charge in [-0.2, -0.15) is 32.0 Å². The largest absolute Gasteiger partial charge is 2.00 e. The third-order valence-corrected chi connectivity index (χ3v) is 22.3. The fourth-order valence-electron chi connectivity index (χ4n) is 17.4. The van der Waals surface area contributed by atoms with Gasteiger partial charge in [-0.3, -0.25) is 28.8 Å². The second kappa shape index (κ2) is 30.7. The molecule has 16 heteroatoms. The number of rotatable bonds is 2. The van der Waals surface area contributed by atoms with E-state index in [2.05, 4.69) is 104 Å². The topological polar surface area (TPSA) is 90.4 Å². The second-order valence-corrected chi connectivity index (χ2v) is 27.9. The van der Waals surface area contributed by atoms with Gasteiger partial charge in [-0.15, -0.1) is 6.07 Å². The van der Waals surface area contributed by atoms with Gasteiger partial charge in [0.1, 0.15) is 45.7 Å². The standard InChI is InChI=1S/C14H18FNO.3C14H17NO.C7H6F.C7H11NO.C4H8O.BrH.Mg.H2S/c15-13-4-2-1-3-11(13)9-14(17)10-16-7-5-12(14)6-8-16;3*1-2-4-13-11(3-1)9-14(16-13)10-15-7-5-12(14)6-8-15;1-6-4-2-3-5-7(6)8;9-7-5-8-3-1-6(7)2-4-8;1-2-4-5-3-1;;;/h1-4,12,17H,5-10H2;3*1-4,12H,5-10H2;2-5H,1H2;6H,1-5H2;1-4H2;1H;;1H2/q;;;;-1;;;;+2;/p-1/t;2*14-;;;;;;;/m.10......./s1. The van der Waals surface area contributed by atoms with Crippen LogP contribution in [0.5, 0.6) is 17.2 Å². The Hall–Kier alpha value is -3.78. The molecule has 19 heterocycles. The smallest absolute Gasteiger partial charge is 1.00 e. The van der Waals surface area contributed by atoms with Gasteiger partial charge in [0, 0.05) is 94.6 Å². The number of carbonyl (C=O) groups excluding carboxylic acids is 1. The van der Waals surface area contributed by atoms with E-state index in [1.54, 1.807) is 30.3 Å². The number of halogens is 3. The Morgan fingerprint density at radius 2 is 0.822 bits per heavy atom. The van der Waals surface area contributed by atoms with Gasteiger partial charge in [0.05, 0.1) is 12.1 Å². The summed E-state index contributed by atoms with van der Waals surface area (Å²) in [5.74, 6) is 6.57. The van der Waals surface area contributed by atoms with Gasteiger partial charge in [-0.25, -0.2) is 4.39 Å². The van der Waals surface area contributed by atoms with E-state index < -0.39 is 5.60 Å². The maximum atomic E-state index is 13.6. The van der Waals surface area contributed by atoms with Crippen molar-refractivity contribution in [2.24, 2.45) is 29.6 Å². The first-order valence-electron chi connectivity index (χ1n) is 33.5. The maximum absolute atomic E-state index is 13.6. The average Bonchev–Trinajstić information content (AvgIpc) is 1.60. The number of piperidine rings is 15. The number of para-hydroxylation sites is 3. The van der Waals surface area contributed by atoms with Gasteiger partial charge in [0.25, 0.3) is 0 Å². The summed E-state index contributed by atoms with van der Waals surface area (Å²) in [6, 6.07) is 38.9. The van der Waals surface area contributed by atoms with Crippen LogP contribution in [0.4, 0.5) is 8.78 Å². The third-order valence-electron chi connectivity index (χ3n) is 22.3. The molecule has 3 spiro atoms. The van der Waals surface area contributed by atoms with E-state index in [4.69, 9.17) is 18.9 Å². The summed E-state index contributed by atoms with van der Waals surface area (Å²) in [7, 11) is 0. The Labute approximate surface area is 568 Å². The number of ether oxygens (including phenoxy) is 4. The number of nitrogens with zero attached hydrogens (tertiary/aromatic N) is 5. The van der Waals surface area contributed by atoms with Crippen LogP contribution < -0.4 is 31.2 Å². The summed E-state index contributed by atoms with van der Waals surface area (Å²) in [5, 5.41) is 10.7. The first kappa shape index (κ1) is 69.1. The van der Waals surface area contributed by atoms with E-state index >= 15 is 0 Å². The van der Waals surface area contributed by atoms with E-state index in [-0.39, 0.29) is 82.0 Å². The third kappa shape index (κ3) is 15.6. The van der Waals surface area contributed by atoms with Crippen LogP contribution in [0.3, 0.4) is 0 Å². The molecule has 5 aromatic carbocycles. The molecule has 482 valence electrons. The van der Waals surface area contributed by atoms with Gasteiger partial charge in [0.2, 0.25) is 0 Å². The summed E-state index contributed by atoms with van der Waals surface area (Å²) in [4.78, 5) is 23.3. The molecule has 90 heavy (non-hydrogen) atoms. The quantitative estimate of drug-likeness (QED) is 0.138. The van der Waals surface area contributed by atoms with Crippen molar-refractivity contribution in [1.29, 1.82) is 0 Å². The van der Waals surface area contributed by atoms with Crippen molar-refractivity contribution in [2.75, 3.05) is 111 Å². The minimum absolute atomic E-state index is 0. The zero-order chi connectivity index (χ0) is 59.4. The fourth-order valence-corrected chi connectivity index (χ4v) is 17.4. The monoisotopic (exact) mass is 1320 g/mol.